The van der Waals surface area contributed by atoms with Crippen LogP contribution in [-0.4, -0.2) is 42.0 Å². The fourth-order valence-corrected chi connectivity index (χ4v) is 8.14. The van der Waals surface area contributed by atoms with Gasteiger partial charge in [-0.15, -0.1) is 0 Å². The van der Waals surface area contributed by atoms with Crippen molar-refractivity contribution >= 4 is 18.7 Å². The van der Waals surface area contributed by atoms with Crippen LogP contribution in [0, 0.1) is 23.2 Å². The highest BCUT2D eigenvalue weighted by Gasteiger charge is 2.68. The van der Waals surface area contributed by atoms with Gasteiger partial charge in [0.2, 0.25) is 5.60 Å². The minimum atomic E-state index is -1.16. The molecule has 2 aliphatic heterocycles. The van der Waals surface area contributed by atoms with Crippen molar-refractivity contribution in [2.45, 2.75) is 116 Å². The van der Waals surface area contributed by atoms with Gasteiger partial charge in [-0.3, -0.25) is 4.79 Å². The molecule has 2 heterocycles. The number of carbonyl (C=O) groups is 1. The van der Waals surface area contributed by atoms with Gasteiger partial charge in [-0.1, -0.05) is 102 Å². The number of nitrogens with zero attached hydrogens (tertiary/aromatic N) is 1. The summed E-state index contributed by atoms with van der Waals surface area (Å²) in [5.41, 5.74) is 2.82. The average Bonchev–Trinajstić information content (AvgIpc) is 3.54. The number of amides is 1. The van der Waals surface area contributed by atoms with E-state index in [1.54, 1.807) is 0 Å². The Morgan fingerprint density at radius 2 is 1.81 bits per heavy atom. The van der Waals surface area contributed by atoms with E-state index in [0.29, 0.717) is 30.6 Å². The molecule has 4 fully saturated rings. The predicted octanol–water partition coefficient (Wildman–Crippen LogP) is 6.89. The van der Waals surface area contributed by atoms with Gasteiger partial charge in [0.05, 0.1) is 23.4 Å². The lowest BCUT2D eigenvalue weighted by Gasteiger charge is -2.64. The van der Waals surface area contributed by atoms with Crippen molar-refractivity contribution < 1.29 is 18.9 Å². The lowest BCUT2D eigenvalue weighted by molar-refractivity contribution is -0.199. The fourth-order valence-electron chi connectivity index (χ4n) is 8.14. The largest absolute Gasteiger partial charge is 0.481 e. The Kier molecular flexibility index (Phi) is 7.61. The molecular formula is C36H49BN2O4. The third kappa shape index (κ3) is 5.46. The molecule has 1 saturated heterocycles. The zero-order valence-electron chi connectivity index (χ0n) is 27.3. The summed E-state index contributed by atoms with van der Waals surface area (Å²) in [4.78, 5) is 20.7. The minimum Gasteiger partial charge on any atom is -0.404 e. The lowest BCUT2D eigenvalue weighted by Crippen LogP contribution is -2.65. The molecule has 2 aromatic carbocycles. The molecule has 0 spiro atoms. The second-order valence-corrected chi connectivity index (χ2v) is 15.8. The fraction of sp³-hybridized carbons (Fsp3) is 0.611. The van der Waals surface area contributed by atoms with Crippen LogP contribution in [0.1, 0.15) is 97.8 Å². The van der Waals surface area contributed by atoms with E-state index in [9.17, 15) is 4.79 Å². The van der Waals surface area contributed by atoms with E-state index >= 15 is 0 Å². The van der Waals surface area contributed by atoms with Crippen molar-refractivity contribution in [1.29, 1.82) is 0 Å². The Hall–Kier alpha value is -2.64. The molecule has 43 heavy (non-hydrogen) atoms. The Morgan fingerprint density at radius 3 is 2.49 bits per heavy atom. The quantitative estimate of drug-likeness (QED) is 0.343. The van der Waals surface area contributed by atoms with Crippen molar-refractivity contribution in [3.8, 4) is 0 Å². The maximum atomic E-state index is 14.5. The molecule has 0 radical (unpaired) electrons. The Labute approximate surface area is 258 Å². The third-order valence-electron chi connectivity index (χ3n) is 10.9. The molecule has 1 amide bonds. The summed E-state index contributed by atoms with van der Waals surface area (Å²) in [5, 5.41) is 7.95. The van der Waals surface area contributed by atoms with Gasteiger partial charge in [0, 0.05) is 12.8 Å². The number of benzene rings is 2. The normalized spacial score (nSPS) is 31.6. The Morgan fingerprint density at radius 1 is 1.07 bits per heavy atom. The second kappa shape index (κ2) is 10.8. The molecule has 3 aliphatic carbocycles. The molecule has 230 valence electrons. The zero-order valence-corrected chi connectivity index (χ0v) is 27.3. The van der Waals surface area contributed by atoms with E-state index in [1.165, 1.54) is 12.0 Å². The highest BCUT2D eigenvalue weighted by Crippen LogP contribution is 2.65. The van der Waals surface area contributed by atoms with Gasteiger partial charge < -0.3 is 19.5 Å². The Bertz CT molecular complexity index is 1390. The van der Waals surface area contributed by atoms with Crippen LogP contribution in [0.3, 0.4) is 0 Å². The summed E-state index contributed by atoms with van der Waals surface area (Å²) < 4.78 is 13.5. The summed E-state index contributed by atoms with van der Waals surface area (Å²) in [6.07, 6.45) is 3.84. The van der Waals surface area contributed by atoms with Gasteiger partial charge in [0.25, 0.3) is 5.91 Å². The zero-order chi connectivity index (χ0) is 30.8. The number of carbonyl (C=O) groups excluding carboxylic acids is 1. The summed E-state index contributed by atoms with van der Waals surface area (Å²) in [6.45, 7) is 17.9. The monoisotopic (exact) mass is 584 g/mol. The van der Waals surface area contributed by atoms with Gasteiger partial charge in [-0.05, 0) is 77.5 Å². The third-order valence-corrected chi connectivity index (χ3v) is 10.9. The summed E-state index contributed by atoms with van der Waals surface area (Å²) in [7, 11) is -0.490. The first-order valence-corrected chi connectivity index (χ1v) is 16.3. The molecule has 1 unspecified atom stereocenters. The van der Waals surface area contributed by atoms with Crippen molar-refractivity contribution in [3.63, 3.8) is 0 Å². The Balaban J connectivity index is 1.26. The van der Waals surface area contributed by atoms with Crippen LogP contribution < -0.4 is 5.32 Å². The molecule has 5 aliphatic rings. The minimum absolute atomic E-state index is 0.00337. The summed E-state index contributed by atoms with van der Waals surface area (Å²) >= 11 is 0. The van der Waals surface area contributed by atoms with Crippen LogP contribution in [0.5, 0.6) is 0 Å². The van der Waals surface area contributed by atoms with Gasteiger partial charge in [-0.2, -0.15) is 0 Å². The average molecular weight is 585 g/mol. The molecule has 6 atom stereocenters. The molecule has 0 aromatic heterocycles. The van der Waals surface area contributed by atoms with Crippen molar-refractivity contribution in [1.82, 2.24) is 5.32 Å². The highest BCUT2D eigenvalue weighted by atomic mass is 16.7. The topological polar surface area (TPSA) is 69.2 Å². The van der Waals surface area contributed by atoms with Crippen LogP contribution in [0.2, 0.25) is 0 Å². The van der Waals surface area contributed by atoms with Crippen LogP contribution in [0.25, 0.3) is 0 Å². The maximum Gasteiger partial charge on any atom is 0.481 e. The van der Waals surface area contributed by atoms with Gasteiger partial charge in [-0.25, -0.2) is 0 Å². The molecule has 1 N–H and O–H groups in total. The van der Waals surface area contributed by atoms with Gasteiger partial charge in [0.15, 0.2) is 0 Å². The van der Waals surface area contributed by atoms with E-state index in [0.717, 1.165) is 29.7 Å². The second-order valence-electron chi connectivity index (χ2n) is 15.8. The molecule has 2 aromatic rings. The van der Waals surface area contributed by atoms with Crippen molar-refractivity contribution in [3.05, 3.63) is 71.3 Å². The lowest BCUT2D eigenvalue weighted by atomic mass is 9.43. The molecular weight excluding hydrogens is 535 g/mol. The number of oxime groups is 1. The van der Waals surface area contributed by atoms with E-state index in [1.807, 2.05) is 30.3 Å². The number of rotatable bonds is 8. The van der Waals surface area contributed by atoms with Gasteiger partial charge >= 0.3 is 7.12 Å². The van der Waals surface area contributed by atoms with E-state index < -0.39 is 12.7 Å². The van der Waals surface area contributed by atoms with Crippen LogP contribution >= 0.6 is 0 Å². The first-order chi connectivity index (χ1) is 20.2. The highest BCUT2D eigenvalue weighted by molar-refractivity contribution is 6.48. The summed E-state index contributed by atoms with van der Waals surface area (Å²) in [5.74, 6) is 1.03. The molecule has 7 rings (SSSR count). The van der Waals surface area contributed by atoms with Crippen LogP contribution in [-0.2, 0) is 30.8 Å². The molecule has 6 nitrogen and oxygen atoms in total. The standard InChI is InChI=1S/C36H49BN2O4/c1-23(2)17-31(37-41-30-20-27-19-29(34(27,6)7)35(30,8)42-37)38-32(40)36(21-24-13-10-9-11-14-24)22-28(39-43-36)25-15-12-16-26(18-25)33(3,4)5/h9-16,18,23,27,29-31H,17,19-22H2,1-8H3,(H,38,40)/t27-,29-,30+,31-,35-,36?/m0/s1. The van der Waals surface area contributed by atoms with Crippen LogP contribution in [0.15, 0.2) is 59.8 Å². The predicted molar refractivity (Wildman–Crippen MR) is 172 cm³/mol. The summed E-state index contributed by atoms with van der Waals surface area (Å²) in [6, 6.07) is 18.5. The van der Waals surface area contributed by atoms with E-state index in [-0.39, 0.29) is 34.4 Å². The number of hydrogen-bond donors (Lipinski definition) is 1. The molecule has 3 saturated carbocycles. The smallest absolute Gasteiger partial charge is 0.404 e. The van der Waals surface area contributed by atoms with Gasteiger partial charge in [0.1, 0.15) is 0 Å². The van der Waals surface area contributed by atoms with Crippen molar-refractivity contribution in [2.24, 2.45) is 28.3 Å². The van der Waals surface area contributed by atoms with E-state index in [4.69, 9.17) is 14.1 Å². The van der Waals surface area contributed by atoms with E-state index in [2.05, 4.69) is 90.1 Å². The molecule has 2 bridgehead atoms. The SMILES string of the molecule is CC(C)C[C@H](NC(=O)C1(Cc2ccccc2)CC(c2cccc(C(C)(C)C)c2)=NO1)B1O[C@@H]2C[C@@H]3C[C@@H](C3(C)C)[C@]2(C)O1. The van der Waals surface area contributed by atoms with Crippen molar-refractivity contribution in [2.75, 3.05) is 0 Å². The number of hydrogen-bond acceptors (Lipinski definition) is 5. The first-order valence-electron chi connectivity index (χ1n) is 16.3. The number of nitrogens with one attached hydrogen (secondary N) is 1. The maximum absolute atomic E-state index is 14.5. The first kappa shape index (κ1) is 30.4. The van der Waals surface area contributed by atoms with Crippen LogP contribution in [0.4, 0.5) is 0 Å². The molecule has 7 heteroatoms.